The highest BCUT2D eigenvalue weighted by atomic mass is 35.5. The predicted octanol–water partition coefficient (Wildman–Crippen LogP) is 4.14. The predicted molar refractivity (Wildman–Crippen MR) is 109 cm³/mol. The maximum Gasteiger partial charge on any atom is 0.337 e. The van der Waals surface area contributed by atoms with E-state index in [1.807, 2.05) is 0 Å². The van der Waals surface area contributed by atoms with Crippen LogP contribution in [0.3, 0.4) is 0 Å². The molecule has 0 aliphatic carbocycles. The highest BCUT2D eigenvalue weighted by molar-refractivity contribution is 7.86. The lowest BCUT2D eigenvalue weighted by Gasteiger charge is -2.08. The van der Waals surface area contributed by atoms with E-state index in [1.54, 1.807) is 6.07 Å². The fourth-order valence-electron chi connectivity index (χ4n) is 2.56. The third-order valence-electron chi connectivity index (χ3n) is 3.95. The van der Waals surface area contributed by atoms with E-state index < -0.39 is 26.5 Å². The fourth-order valence-corrected chi connectivity index (χ4v) is 3.89. The van der Waals surface area contributed by atoms with Crippen molar-refractivity contribution in [1.82, 2.24) is 9.78 Å². The Labute approximate surface area is 179 Å². The minimum Gasteiger partial charge on any atom is -0.478 e. The van der Waals surface area contributed by atoms with Crippen molar-refractivity contribution in [2.75, 3.05) is 0 Å². The molecule has 156 valence electrons. The molecular weight excluding hydrogens is 459 g/mol. The number of nitrogens with zero attached hydrogens (tertiary/aromatic N) is 3. The van der Waals surface area contributed by atoms with Gasteiger partial charge >= 0.3 is 5.97 Å². The standard InChI is InChI=1S/C17H12Cl2N4O6S/c1-8-15(21-20-12-5-3-2-4-9(12)17(25)26)16(24)23(22-8)13-6-11(19)14(7-10(13)18)30(27,28)29/h2-7,22H,1H3,(H,25,26)(H,27,28,29). The van der Waals surface area contributed by atoms with Gasteiger partial charge in [0.25, 0.3) is 15.7 Å². The van der Waals surface area contributed by atoms with Crippen LogP contribution in [-0.4, -0.2) is 33.8 Å². The van der Waals surface area contributed by atoms with Gasteiger partial charge in [-0.1, -0.05) is 35.3 Å². The van der Waals surface area contributed by atoms with Crippen LogP contribution < -0.4 is 5.56 Å². The maximum absolute atomic E-state index is 12.8. The third kappa shape index (κ3) is 4.14. The number of rotatable bonds is 5. The van der Waals surface area contributed by atoms with Gasteiger partial charge in [0, 0.05) is 0 Å². The van der Waals surface area contributed by atoms with Crippen LogP contribution in [0.15, 0.2) is 56.3 Å². The lowest BCUT2D eigenvalue weighted by Crippen LogP contribution is -2.15. The second kappa shape index (κ2) is 8.03. The molecule has 30 heavy (non-hydrogen) atoms. The number of nitrogens with one attached hydrogen (secondary N) is 1. The summed E-state index contributed by atoms with van der Waals surface area (Å²) in [6.07, 6.45) is 0. The molecule has 0 unspecified atom stereocenters. The highest BCUT2D eigenvalue weighted by Gasteiger charge is 2.21. The van der Waals surface area contributed by atoms with Gasteiger partial charge in [0.1, 0.15) is 10.6 Å². The number of H-pyrrole nitrogens is 1. The molecule has 0 spiro atoms. The van der Waals surface area contributed by atoms with Gasteiger partial charge in [-0.3, -0.25) is 14.4 Å². The molecule has 10 nitrogen and oxygen atoms in total. The summed E-state index contributed by atoms with van der Waals surface area (Å²) >= 11 is 12.0. The molecule has 1 heterocycles. The van der Waals surface area contributed by atoms with Crippen LogP contribution in [-0.2, 0) is 10.1 Å². The summed E-state index contributed by atoms with van der Waals surface area (Å²) in [4.78, 5) is 23.4. The smallest absolute Gasteiger partial charge is 0.337 e. The van der Waals surface area contributed by atoms with Crippen molar-refractivity contribution in [3.05, 3.63) is 68.1 Å². The van der Waals surface area contributed by atoms with Crippen LogP contribution >= 0.6 is 23.2 Å². The van der Waals surface area contributed by atoms with Crippen LogP contribution in [0.1, 0.15) is 16.1 Å². The first-order valence-corrected chi connectivity index (χ1v) is 10.2. The molecule has 0 saturated carbocycles. The summed E-state index contributed by atoms with van der Waals surface area (Å²) in [7, 11) is -4.61. The van der Waals surface area contributed by atoms with E-state index in [-0.39, 0.29) is 38.4 Å². The number of halogens is 2. The second-order valence-corrected chi connectivity index (χ2v) is 8.16. The monoisotopic (exact) mass is 470 g/mol. The van der Waals surface area contributed by atoms with E-state index in [2.05, 4.69) is 15.3 Å². The summed E-state index contributed by atoms with van der Waals surface area (Å²) in [5.74, 6) is -1.20. The number of benzene rings is 2. The number of hydrogen-bond acceptors (Lipinski definition) is 6. The van der Waals surface area contributed by atoms with Gasteiger partial charge in [-0.15, -0.1) is 10.2 Å². The Hall–Kier alpha value is -2.99. The molecule has 1 aromatic heterocycles. The number of azo groups is 1. The Morgan fingerprint density at radius 3 is 2.43 bits per heavy atom. The Morgan fingerprint density at radius 1 is 1.13 bits per heavy atom. The summed E-state index contributed by atoms with van der Waals surface area (Å²) < 4.78 is 32.8. The van der Waals surface area contributed by atoms with Crippen LogP contribution in [0.25, 0.3) is 5.69 Å². The minimum absolute atomic E-state index is 0.00885. The van der Waals surface area contributed by atoms with Crippen molar-refractivity contribution >= 4 is 50.7 Å². The number of aromatic amines is 1. The Kier molecular flexibility index (Phi) is 5.81. The van der Waals surface area contributed by atoms with Crippen molar-refractivity contribution in [2.45, 2.75) is 11.8 Å². The molecule has 0 saturated heterocycles. The quantitative estimate of drug-likeness (QED) is 0.375. The lowest BCUT2D eigenvalue weighted by atomic mass is 10.2. The first kappa shape index (κ1) is 21.7. The molecule has 0 atom stereocenters. The van der Waals surface area contributed by atoms with Gasteiger partial charge in [-0.25, -0.2) is 9.48 Å². The normalized spacial score (nSPS) is 11.9. The molecular formula is C17H12Cl2N4O6S. The molecule has 0 radical (unpaired) electrons. The number of carboxylic acid groups (broad SMARTS) is 1. The summed E-state index contributed by atoms with van der Waals surface area (Å²) in [5.41, 5.74) is -0.569. The Balaban J connectivity index is 2.09. The zero-order chi connectivity index (χ0) is 22.2. The van der Waals surface area contributed by atoms with Crippen LogP contribution in [0, 0.1) is 6.92 Å². The first-order chi connectivity index (χ1) is 14.0. The average molecular weight is 471 g/mol. The molecule has 13 heteroatoms. The molecule has 0 bridgehead atoms. The maximum atomic E-state index is 12.8. The highest BCUT2D eigenvalue weighted by Crippen LogP contribution is 2.31. The topological polar surface area (TPSA) is 154 Å². The Bertz CT molecular complexity index is 1360. The van der Waals surface area contributed by atoms with Crippen molar-refractivity contribution in [1.29, 1.82) is 0 Å². The zero-order valence-corrected chi connectivity index (χ0v) is 17.3. The fraction of sp³-hybridized carbons (Fsp3) is 0.0588. The number of carboxylic acids is 1. The molecule has 3 aromatic rings. The summed E-state index contributed by atoms with van der Waals surface area (Å²) in [6.45, 7) is 1.53. The third-order valence-corrected chi connectivity index (χ3v) is 5.57. The summed E-state index contributed by atoms with van der Waals surface area (Å²) in [5, 5.41) is 19.1. The van der Waals surface area contributed by atoms with Gasteiger partial charge in [0.2, 0.25) is 0 Å². The molecule has 3 N–H and O–H groups in total. The minimum atomic E-state index is -4.61. The molecule has 3 rings (SSSR count). The number of aryl methyl sites for hydroxylation is 1. The van der Waals surface area contributed by atoms with E-state index in [0.29, 0.717) is 0 Å². The van der Waals surface area contributed by atoms with Crippen LogP contribution in [0.2, 0.25) is 10.0 Å². The van der Waals surface area contributed by atoms with E-state index in [9.17, 15) is 27.7 Å². The number of hydrogen-bond donors (Lipinski definition) is 3. The Morgan fingerprint density at radius 2 is 1.80 bits per heavy atom. The first-order valence-electron chi connectivity index (χ1n) is 8.03. The van der Waals surface area contributed by atoms with E-state index in [0.717, 1.165) is 16.8 Å². The number of carbonyl (C=O) groups is 1. The molecule has 0 amide bonds. The van der Waals surface area contributed by atoms with Gasteiger partial charge in [0.05, 0.1) is 27.0 Å². The molecule has 2 aromatic carbocycles. The average Bonchev–Trinajstić information content (AvgIpc) is 2.94. The van der Waals surface area contributed by atoms with Crippen molar-refractivity contribution in [3.8, 4) is 5.69 Å². The SMILES string of the molecule is Cc1[nH]n(-c2cc(Cl)c(S(=O)(=O)O)cc2Cl)c(=O)c1N=Nc1ccccc1C(=O)O. The van der Waals surface area contributed by atoms with Gasteiger partial charge < -0.3 is 5.11 Å². The van der Waals surface area contributed by atoms with E-state index in [1.165, 1.54) is 25.1 Å². The molecule has 0 aliphatic heterocycles. The largest absolute Gasteiger partial charge is 0.478 e. The van der Waals surface area contributed by atoms with Crippen LogP contribution in [0.5, 0.6) is 0 Å². The summed E-state index contributed by atoms with van der Waals surface area (Å²) in [6, 6.07) is 7.86. The lowest BCUT2D eigenvalue weighted by molar-refractivity contribution is 0.0697. The zero-order valence-electron chi connectivity index (χ0n) is 15.0. The second-order valence-electron chi connectivity index (χ2n) is 5.96. The number of aromatic nitrogens is 2. The van der Waals surface area contributed by atoms with Gasteiger partial charge in [-0.2, -0.15) is 8.42 Å². The van der Waals surface area contributed by atoms with Crippen molar-refractivity contribution in [2.24, 2.45) is 10.2 Å². The van der Waals surface area contributed by atoms with Crippen LogP contribution in [0.4, 0.5) is 11.4 Å². The van der Waals surface area contributed by atoms with E-state index in [4.69, 9.17) is 23.2 Å². The van der Waals surface area contributed by atoms with E-state index >= 15 is 0 Å². The molecule has 0 aliphatic rings. The van der Waals surface area contributed by atoms with Crippen molar-refractivity contribution in [3.63, 3.8) is 0 Å². The van der Waals surface area contributed by atoms with Gasteiger partial charge in [0.15, 0.2) is 5.69 Å². The number of aromatic carboxylic acids is 1. The van der Waals surface area contributed by atoms with Gasteiger partial charge in [-0.05, 0) is 31.2 Å². The van der Waals surface area contributed by atoms with Crippen molar-refractivity contribution < 1.29 is 22.9 Å². The molecule has 0 fully saturated rings.